The summed E-state index contributed by atoms with van der Waals surface area (Å²) in [4.78, 5) is 24.6. The van der Waals surface area contributed by atoms with Gasteiger partial charge in [0.15, 0.2) is 0 Å². The number of carboxylic acid groups (broad SMARTS) is 1. The molecule has 136 valence electrons. The summed E-state index contributed by atoms with van der Waals surface area (Å²) in [7, 11) is 0. The number of rotatable bonds is 7. The van der Waals surface area contributed by atoms with E-state index < -0.39 is 17.9 Å². The predicted octanol–water partition coefficient (Wildman–Crippen LogP) is 3.63. The minimum absolute atomic E-state index is 0.140. The van der Waals surface area contributed by atoms with Crippen molar-refractivity contribution in [2.45, 2.75) is 18.4 Å². The molecule has 2 N–H and O–H groups in total. The number of amides is 1. The molecule has 1 atom stereocenters. The summed E-state index contributed by atoms with van der Waals surface area (Å²) in [6.07, 6.45) is 0.140. The molecule has 0 aromatic heterocycles. The van der Waals surface area contributed by atoms with Gasteiger partial charge in [0.05, 0.1) is 6.42 Å². The summed E-state index contributed by atoms with van der Waals surface area (Å²) in [5.74, 6) is -1.86. The van der Waals surface area contributed by atoms with Crippen LogP contribution in [0.3, 0.4) is 0 Å². The zero-order valence-corrected chi connectivity index (χ0v) is 14.8. The van der Waals surface area contributed by atoms with E-state index in [1.54, 1.807) is 0 Å². The molecule has 4 heteroatoms. The molecule has 0 bridgehead atoms. The molecule has 1 amide bonds. The predicted molar refractivity (Wildman–Crippen MR) is 104 cm³/mol. The van der Waals surface area contributed by atoms with E-state index in [0.29, 0.717) is 0 Å². The highest BCUT2D eigenvalue weighted by Gasteiger charge is 2.32. The highest BCUT2D eigenvalue weighted by atomic mass is 16.4. The largest absolute Gasteiger partial charge is 0.480 e. The summed E-state index contributed by atoms with van der Waals surface area (Å²) in [6.45, 7) is 0. The van der Waals surface area contributed by atoms with Crippen LogP contribution in [0.2, 0.25) is 0 Å². The third-order valence-electron chi connectivity index (χ3n) is 4.44. The van der Waals surface area contributed by atoms with Gasteiger partial charge in [0.1, 0.15) is 6.04 Å². The summed E-state index contributed by atoms with van der Waals surface area (Å²) < 4.78 is 0. The topological polar surface area (TPSA) is 66.4 Å². The number of aliphatic carboxylic acids is 1. The second-order valence-electron chi connectivity index (χ2n) is 6.34. The molecule has 0 aliphatic rings. The zero-order chi connectivity index (χ0) is 19.1. The van der Waals surface area contributed by atoms with Gasteiger partial charge in [-0.15, -0.1) is 0 Å². The molecular formula is C23H21NO3. The molecule has 0 fully saturated rings. The molecule has 3 aromatic rings. The fraction of sp³-hybridized carbons (Fsp3) is 0.130. The Morgan fingerprint density at radius 3 is 1.63 bits per heavy atom. The molecule has 3 aromatic carbocycles. The Labute approximate surface area is 158 Å². The maximum Gasteiger partial charge on any atom is 0.327 e. The first-order valence-corrected chi connectivity index (χ1v) is 8.81. The molecule has 0 saturated carbocycles. The molecule has 0 radical (unpaired) electrons. The van der Waals surface area contributed by atoms with Crippen molar-refractivity contribution < 1.29 is 14.7 Å². The lowest BCUT2D eigenvalue weighted by Crippen LogP contribution is -2.45. The van der Waals surface area contributed by atoms with Crippen LogP contribution in [-0.2, 0) is 16.0 Å². The normalized spacial score (nSPS) is 11.7. The van der Waals surface area contributed by atoms with Gasteiger partial charge < -0.3 is 10.4 Å². The molecule has 27 heavy (non-hydrogen) atoms. The molecule has 0 spiro atoms. The van der Waals surface area contributed by atoms with E-state index in [9.17, 15) is 14.7 Å². The minimum atomic E-state index is -1.06. The Hall–Kier alpha value is -3.40. The lowest BCUT2D eigenvalue weighted by Gasteiger charge is -2.26. The van der Waals surface area contributed by atoms with Gasteiger partial charge in [-0.05, 0) is 16.7 Å². The van der Waals surface area contributed by atoms with E-state index >= 15 is 0 Å². The van der Waals surface area contributed by atoms with Gasteiger partial charge in [-0.25, -0.2) is 4.79 Å². The van der Waals surface area contributed by atoms with Crippen molar-refractivity contribution in [3.63, 3.8) is 0 Å². The van der Waals surface area contributed by atoms with E-state index in [2.05, 4.69) is 5.32 Å². The van der Waals surface area contributed by atoms with Gasteiger partial charge in [-0.3, -0.25) is 4.79 Å². The van der Waals surface area contributed by atoms with Gasteiger partial charge in [-0.2, -0.15) is 0 Å². The maximum atomic E-state index is 12.5. The Bertz CT molecular complexity index is 840. The van der Waals surface area contributed by atoms with E-state index in [1.165, 1.54) is 0 Å². The molecule has 0 aliphatic carbocycles. The second kappa shape index (κ2) is 8.81. The average molecular weight is 359 g/mol. The van der Waals surface area contributed by atoms with Crippen LogP contribution in [0.5, 0.6) is 0 Å². The monoisotopic (exact) mass is 359 g/mol. The number of carboxylic acids is 1. The van der Waals surface area contributed by atoms with Crippen molar-refractivity contribution in [3.8, 4) is 0 Å². The summed E-state index contributed by atoms with van der Waals surface area (Å²) in [6, 6.07) is 27.0. The summed E-state index contributed by atoms with van der Waals surface area (Å²) in [5.41, 5.74) is 2.53. The van der Waals surface area contributed by atoms with Crippen molar-refractivity contribution >= 4 is 11.9 Å². The van der Waals surface area contributed by atoms with Crippen LogP contribution in [0.1, 0.15) is 22.6 Å². The molecular weight excluding hydrogens is 338 g/mol. The van der Waals surface area contributed by atoms with Crippen LogP contribution in [0.25, 0.3) is 0 Å². The SMILES string of the molecule is O=C(Cc1ccccc1)N[C@@H](C(=O)O)C(c1ccccc1)c1ccccc1. The Kier molecular flexibility index (Phi) is 6.00. The standard InChI is InChI=1S/C23H21NO3/c25-20(16-17-10-4-1-5-11-17)24-22(23(26)27)21(18-12-6-2-7-13-18)19-14-8-3-9-15-19/h1-15,21-22H,16H2,(H,24,25)(H,26,27)/t22-/m1/s1. The van der Waals surface area contributed by atoms with E-state index in [-0.39, 0.29) is 12.3 Å². The van der Waals surface area contributed by atoms with Crippen LogP contribution >= 0.6 is 0 Å². The van der Waals surface area contributed by atoms with Crippen molar-refractivity contribution in [1.82, 2.24) is 5.32 Å². The molecule has 0 aliphatic heterocycles. The minimum Gasteiger partial charge on any atom is -0.480 e. The van der Waals surface area contributed by atoms with E-state index in [0.717, 1.165) is 16.7 Å². The third-order valence-corrected chi connectivity index (χ3v) is 4.44. The molecule has 0 heterocycles. The fourth-order valence-electron chi connectivity index (χ4n) is 3.19. The van der Waals surface area contributed by atoms with Crippen LogP contribution < -0.4 is 5.32 Å². The number of benzene rings is 3. The average Bonchev–Trinajstić information content (AvgIpc) is 2.70. The third kappa shape index (κ3) is 4.82. The van der Waals surface area contributed by atoms with Crippen molar-refractivity contribution in [3.05, 3.63) is 108 Å². The zero-order valence-electron chi connectivity index (χ0n) is 14.8. The van der Waals surface area contributed by atoms with Gasteiger partial charge in [0.25, 0.3) is 0 Å². The smallest absolute Gasteiger partial charge is 0.327 e. The van der Waals surface area contributed by atoms with E-state index in [1.807, 2.05) is 91.0 Å². The number of carbonyl (C=O) groups is 2. The molecule has 4 nitrogen and oxygen atoms in total. The summed E-state index contributed by atoms with van der Waals surface area (Å²) >= 11 is 0. The van der Waals surface area contributed by atoms with Gasteiger partial charge in [0, 0.05) is 5.92 Å². The number of hydrogen-bond acceptors (Lipinski definition) is 2. The Morgan fingerprint density at radius 2 is 1.19 bits per heavy atom. The highest BCUT2D eigenvalue weighted by molar-refractivity contribution is 5.86. The van der Waals surface area contributed by atoms with E-state index in [4.69, 9.17) is 0 Å². The second-order valence-corrected chi connectivity index (χ2v) is 6.34. The highest BCUT2D eigenvalue weighted by Crippen LogP contribution is 2.28. The van der Waals surface area contributed by atoms with Crippen LogP contribution in [-0.4, -0.2) is 23.0 Å². The Balaban J connectivity index is 1.89. The lowest BCUT2D eigenvalue weighted by atomic mass is 9.85. The first kappa shape index (κ1) is 18.4. The number of hydrogen-bond donors (Lipinski definition) is 2. The Morgan fingerprint density at radius 1 is 0.741 bits per heavy atom. The van der Waals surface area contributed by atoms with Crippen molar-refractivity contribution in [1.29, 1.82) is 0 Å². The lowest BCUT2D eigenvalue weighted by molar-refractivity contribution is -0.142. The maximum absolute atomic E-state index is 12.5. The van der Waals surface area contributed by atoms with Crippen LogP contribution in [0.15, 0.2) is 91.0 Å². The van der Waals surface area contributed by atoms with Gasteiger partial charge >= 0.3 is 5.97 Å². The quantitative estimate of drug-likeness (QED) is 0.677. The van der Waals surface area contributed by atoms with Crippen LogP contribution in [0.4, 0.5) is 0 Å². The molecule has 0 saturated heterocycles. The first-order chi connectivity index (χ1) is 13.1. The number of carbonyl (C=O) groups excluding carboxylic acids is 1. The molecule has 0 unspecified atom stereocenters. The fourth-order valence-corrected chi connectivity index (χ4v) is 3.19. The van der Waals surface area contributed by atoms with Crippen LogP contribution in [0, 0.1) is 0 Å². The number of nitrogens with one attached hydrogen (secondary N) is 1. The van der Waals surface area contributed by atoms with Crippen molar-refractivity contribution in [2.24, 2.45) is 0 Å². The molecule has 3 rings (SSSR count). The van der Waals surface area contributed by atoms with Crippen molar-refractivity contribution in [2.75, 3.05) is 0 Å². The van der Waals surface area contributed by atoms with Gasteiger partial charge in [0.2, 0.25) is 5.91 Å². The first-order valence-electron chi connectivity index (χ1n) is 8.81. The van der Waals surface area contributed by atoms with Gasteiger partial charge in [-0.1, -0.05) is 91.0 Å². The summed E-state index contributed by atoms with van der Waals surface area (Å²) in [5, 5.41) is 12.6.